The van der Waals surface area contributed by atoms with Gasteiger partial charge in [0.2, 0.25) is 0 Å². The van der Waals surface area contributed by atoms with Crippen molar-refractivity contribution in [3.63, 3.8) is 0 Å². The van der Waals surface area contributed by atoms with E-state index in [1.807, 2.05) is 0 Å². The van der Waals surface area contributed by atoms with E-state index in [9.17, 15) is 4.57 Å². The van der Waals surface area contributed by atoms with Crippen LogP contribution >= 0.6 is 7.60 Å². The minimum Gasteiger partial charge on any atom is -0.320 e. The Labute approximate surface area is 45.0 Å². The van der Waals surface area contributed by atoms with Gasteiger partial charge in [-0.2, -0.15) is 10.7 Å². The second-order valence-electron chi connectivity index (χ2n) is 0.934. The summed E-state index contributed by atoms with van der Waals surface area (Å²) in [6.45, 7) is 0. The lowest BCUT2D eigenvalue weighted by atomic mass is 11.7. The summed E-state index contributed by atoms with van der Waals surface area (Å²) in [7, 11) is -4.20. The average molecular weight is 140 g/mol. The first-order chi connectivity index (χ1) is 3.56. The molecule has 0 aliphatic carbocycles. The van der Waals surface area contributed by atoms with Crippen molar-refractivity contribution in [1.82, 2.24) is 5.59 Å². The van der Waals surface area contributed by atoms with Gasteiger partial charge >= 0.3 is 7.60 Å². The molecule has 0 saturated carbocycles. The van der Waals surface area contributed by atoms with Gasteiger partial charge in [0, 0.05) is 0 Å². The zero-order valence-corrected chi connectivity index (χ0v) is 4.62. The standard InChI is InChI=1S/CH5N2O4P/c4-3-2-1-8(5,6)7/h1,3-4H,(H2,5,6,7). The van der Waals surface area contributed by atoms with Crippen LogP contribution in [0.25, 0.3) is 0 Å². The maximum absolute atomic E-state index is 9.78. The fraction of sp³-hybridized carbons (Fsp3) is 0. The second-order valence-corrected chi connectivity index (χ2v) is 2.34. The van der Waals surface area contributed by atoms with Crippen LogP contribution in [-0.2, 0) is 4.57 Å². The molecular weight excluding hydrogens is 135 g/mol. The van der Waals surface area contributed by atoms with Gasteiger partial charge in [-0.25, -0.2) is 0 Å². The average Bonchev–Trinajstić information content (AvgIpc) is 1.59. The van der Waals surface area contributed by atoms with Crippen molar-refractivity contribution in [3.8, 4) is 0 Å². The fourth-order valence-electron chi connectivity index (χ4n) is 0.101. The Kier molecular flexibility index (Phi) is 2.64. The quantitative estimate of drug-likeness (QED) is 0.226. The van der Waals surface area contributed by atoms with Gasteiger partial charge in [0.1, 0.15) is 5.96 Å². The van der Waals surface area contributed by atoms with Gasteiger partial charge in [0.25, 0.3) is 0 Å². The molecule has 0 atom stereocenters. The third kappa shape index (κ3) is 5.58. The van der Waals surface area contributed by atoms with Crippen molar-refractivity contribution < 1.29 is 19.6 Å². The van der Waals surface area contributed by atoms with Gasteiger partial charge in [-0.15, -0.1) is 0 Å². The Hall–Kier alpha value is -0.420. The van der Waals surface area contributed by atoms with Crippen molar-refractivity contribution in [2.24, 2.45) is 5.10 Å². The van der Waals surface area contributed by atoms with Crippen molar-refractivity contribution in [2.45, 2.75) is 0 Å². The lowest BCUT2D eigenvalue weighted by molar-refractivity contribution is 0.172. The van der Waals surface area contributed by atoms with E-state index in [0.29, 0.717) is 5.96 Å². The zero-order chi connectivity index (χ0) is 6.62. The van der Waals surface area contributed by atoms with Crippen LogP contribution in [0.3, 0.4) is 0 Å². The van der Waals surface area contributed by atoms with Gasteiger partial charge in [-0.3, -0.25) is 9.77 Å². The summed E-state index contributed by atoms with van der Waals surface area (Å²) in [6.07, 6.45) is 0. The highest BCUT2D eigenvalue weighted by atomic mass is 31.2. The van der Waals surface area contributed by atoms with E-state index in [4.69, 9.17) is 15.0 Å². The largest absolute Gasteiger partial charge is 0.369 e. The van der Waals surface area contributed by atoms with Crippen LogP contribution in [0.15, 0.2) is 5.10 Å². The zero-order valence-electron chi connectivity index (χ0n) is 3.72. The number of rotatable bonds is 2. The highest BCUT2D eigenvalue weighted by Crippen LogP contribution is 2.29. The third-order valence-electron chi connectivity index (χ3n) is 0.266. The summed E-state index contributed by atoms with van der Waals surface area (Å²) in [5.41, 5.74) is 1.20. The number of hydrogen-bond donors (Lipinski definition) is 4. The lowest BCUT2D eigenvalue weighted by Crippen LogP contribution is -1.94. The molecule has 8 heavy (non-hydrogen) atoms. The van der Waals surface area contributed by atoms with Crippen molar-refractivity contribution in [1.29, 1.82) is 0 Å². The summed E-state index contributed by atoms with van der Waals surface area (Å²) in [5, 5.41) is 10.3. The highest BCUT2D eigenvalue weighted by Gasteiger charge is 2.05. The number of nitrogens with one attached hydrogen (secondary N) is 1. The minimum absolute atomic E-state index is 0.299. The Morgan fingerprint density at radius 1 is 1.62 bits per heavy atom. The maximum atomic E-state index is 9.78. The molecule has 0 amide bonds. The van der Waals surface area contributed by atoms with Crippen molar-refractivity contribution in [3.05, 3.63) is 0 Å². The molecule has 0 aliphatic heterocycles. The van der Waals surface area contributed by atoms with E-state index >= 15 is 0 Å². The van der Waals surface area contributed by atoms with Crippen LogP contribution in [-0.4, -0.2) is 20.9 Å². The summed E-state index contributed by atoms with van der Waals surface area (Å²) >= 11 is 0. The van der Waals surface area contributed by atoms with Crippen LogP contribution in [0.2, 0.25) is 0 Å². The molecule has 0 radical (unpaired) electrons. The molecule has 0 unspecified atom stereocenters. The Morgan fingerprint density at radius 2 is 2.12 bits per heavy atom. The molecule has 0 spiro atoms. The van der Waals surface area contributed by atoms with Crippen LogP contribution in [0.4, 0.5) is 0 Å². The molecular formula is CH5N2O4P. The SMILES string of the molecule is O=P(O)(O)C=NNO. The molecule has 0 aliphatic rings. The van der Waals surface area contributed by atoms with Gasteiger partial charge < -0.3 is 9.79 Å². The molecule has 0 rings (SSSR count). The molecule has 48 valence electrons. The summed E-state index contributed by atoms with van der Waals surface area (Å²) in [5.74, 6) is 0.299. The molecule has 4 N–H and O–H groups in total. The molecule has 0 aromatic carbocycles. The first-order valence-corrected chi connectivity index (χ1v) is 3.23. The molecule has 6 nitrogen and oxygen atoms in total. The molecule has 0 bridgehead atoms. The van der Waals surface area contributed by atoms with Gasteiger partial charge in [0.05, 0.1) is 0 Å². The van der Waals surface area contributed by atoms with E-state index < -0.39 is 7.60 Å². The molecule has 0 heterocycles. The number of nitrogens with zero attached hydrogens (tertiary/aromatic N) is 1. The lowest BCUT2D eigenvalue weighted by Gasteiger charge is -1.90. The first-order valence-electron chi connectivity index (χ1n) is 1.55. The molecule has 0 fully saturated rings. The smallest absolute Gasteiger partial charge is 0.320 e. The minimum atomic E-state index is -4.20. The molecule has 0 aromatic rings. The van der Waals surface area contributed by atoms with E-state index in [2.05, 4.69) is 5.10 Å². The van der Waals surface area contributed by atoms with Gasteiger partial charge in [-0.1, -0.05) is 0 Å². The Balaban J connectivity index is 3.71. The molecule has 0 saturated heterocycles. The van der Waals surface area contributed by atoms with Gasteiger partial charge in [0.15, 0.2) is 0 Å². The third-order valence-corrected chi connectivity index (χ3v) is 0.682. The predicted molar refractivity (Wildman–Crippen MR) is 25.5 cm³/mol. The predicted octanol–water partition coefficient (Wildman–Crippen LogP) is -0.914. The van der Waals surface area contributed by atoms with Crippen LogP contribution < -0.4 is 5.59 Å². The monoisotopic (exact) mass is 140 g/mol. The first kappa shape index (κ1) is 7.58. The van der Waals surface area contributed by atoms with Crippen molar-refractivity contribution >= 4 is 13.6 Å². The summed E-state index contributed by atoms with van der Waals surface area (Å²) in [6, 6.07) is 0. The normalized spacial score (nSPS) is 12.4. The van der Waals surface area contributed by atoms with E-state index in [-0.39, 0.29) is 0 Å². The highest BCUT2D eigenvalue weighted by molar-refractivity contribution is 7.67. The van der Waals surface area contributed by atoms with E-state index in [1.165, 1.54) is 5.59 Å². The van der Waals surface area contributed by atoms with Gasteiger partial charge in [-0.05, 0) is 0 Å². The Bertz CT molecular complexity index is 126. The maximum Gasteiger partial charge on any atom is 0.369 e. The second kappa shape index (κ2) is 2.78. The topological polar surface area (TPSA) is 102 Å². The number of hydrogen-bond acceptors (Lipinski definition) is 4. The number of hydrazone groups is 1. The van der Waals surface area contributed by atoms with Crippen LogP contribution in [0, 0.1) is 0 Å². The van der Waals surface area contributed by atoms with Crippen LogP contribution in [0.5, 0.6) is 0 Å². The molecule has 0 aromatic heterocycles. The van der Waals surface area contributed by atoms with E-state index in [1.54, 1.807) is 0 Å². The fourth-order valence-corrected chi connectivity index (χ4v) is 0.303. The summed E-state index contributed by atoms with van der Waals surface area (Å²) < 4.78 is 9.78. The van der Waals surface area contributed by atoms with E-state index in [0.717, 1.165) is 0 Å². The molecule has 7 heteroatoms. The summed E-state index contributed by atoms with van der Waals surface area (Å²) in [4.78, 5) is 15.9. The Morgan fingerprint density at radius 3 is 2.25 bits per heavy atom. The van der Waals surface area contributed by atoms with Crippen LogP contribution in [0.1, 0.15) is 0 Å². The van der Waals surface area contributed by atoms with Crippen molar-refractivity contribution in [2.75, 3.05) is 0 Å².